The fourth-order valence-corrected chi connectivity index (χ4v) is 4.32. The Balaban J connectivity index is 1.54. The number of hydrogen-bond acceptors (Lipinski definition) is 6. The number of thiazole rings is 1. The van der Waals surface area contributed by atoms with Crippen molar-refractivity contribution in [3.05, 3.63) is 52.9 Å². The Morgan fingerprint density at radius 3 is 3.08 bits per heavy atom. The summed E-state index contributed by atoms with van der Waals surface area (Å²) in [7, 11) is 0. The van der Waals surface area contributed by atoms with E-state index >= 15 is 0 Å². The highest BCUT2D eigenvalue weighted by Crippen LogP contribution is 2.30. The van der Waals surface area contributed by atoms with Gasteiger partial charge in [0.2, 0.25) is 0 Å². The lowest BCUT2D eigenvalue weighted by Gasteiger charge is -2.34. The normalized spacial score (nSPS) is 17.6. The van der Waals surface area contributed by atoms with Gasteiger partial charge in [-0.15, -0.1) is 11.3 Å². The molecule has 3 aromatic rings. The van der Waals surface area contributed by atoms with Gasteiger partial charge in [-0.1, -0.05) is 13.3 Å². The Kier molecular flexibility index (Phi) is 5.24. The van der Waals surface area contributed by atoms with Crippen molar-refractivity contribution in [3.8, 4) is 0 Å². The molecule has 0 aliphatic carbocycles. The summed E-state index contributed by atoms with van der Waals surface area (Å²) in [5.74, 6) is 2.68. The molecular weight excluding hydrogens is 344 g/mol. The summed E-state index contributed by atoms with van der Waals surface area (Å²) in [4.78, 5) is 20.3. The third-order valence-electron chi connectivity index (χ3n) is 4.93. The summed E-state index contributed by atoms with van der Waals surface area (Å²) >= 11 is 1.64. The van der Waals surface area contributed by atoms with Crippen molar-refractivity contribution < 1.29 is 0 Å². The van der Waals surface area contributed by atoms with Crippen LogP contribution in [0, 0.1) is 0 Å². The molecule has 1 fully saturated rings. The summed E-state index contributed by atoms with van der Waals surface area (Å²) in [6.45, 7) is 5.01. The molecule has 136 valence electrons. The lowest BCUT2D eigenvalue weighted by Crippen LogP contribution is -2.36. The Morgan fingerprint density at radius 2 is 2.23 bits per heavy atom. The van der Waals surface area contributed by atoms with Gasteiger partial charge in [0.1, 0.15) is 18.0 Å². The third-order valence-corrected chi connectivity index (χ3v) is 5.57. The molecule has 4 rings (SSSR count). The van der Waals surface area contributed by atoms with Crippen LogP contribution >= 0.6 is 11.3 Å². The van der Waals surface area contributed by atoms with Crippen LogP contribution < -0.4 is 4.90 Å². The SMILES string of the molecule is CCCc1cncnc1N1CCCC(c2nccn2Cc2cscn2)C1. The van der Waals surface area contributed by atoms with Gasteiger partial charge in [-0.25, -0.2) is 19.9 Å². The third kappa shape index (κ3) is 3.62. The van der Waals surface area contributed by atoms with Crippen LogP contribution in [0.3, 0.4) is 0 Å². The Morgan fingerprint density at radius 1 is 1.27 bits per heavy atom. The van der Waals surface area contributed by atoms with Gasteiger partial charge in [0.05, 0.1) is 17.7 Å². The lowest BCUT2D eigenvalue weighted by molar-refractivity contribution is 0.472. The molecule has 1 unspecified atom stereocenters. The predicted molar refractivity (Wildman–Crippen MR) is 104 cm³/mol. The first-order valence-corrected chi connectivity index (χ1v) is 10.2. The van der Waals surface area contributed by atoms with E-state index < -0.39 is 0 Å². The zero-order chi connectivity index (χ0) is 17.8. The monoisotopic (exact) mass is 368 g/mol. The Labute approximate surface area is 158 Å². The standard InChI is InChI=1S/C19H24N6S/c1-2-4-15-9-20-13-22-18(15)24-7-3-5-16(10-24)19-21-6-8-25(19)11-17-12-26-14-23-17/h6,8-9,12-14,16H,2-5,7,10-11H2,1H3. The average molecular weight is 369 g/mol. The number of imidazole rings is 1. The van der Waals surface area contributed by atoms with Gasteiger partial charge in [-0.05, 0) is 19.3 Å². The van der Waals surface area contributed by atoms with E-state index in [9.17, 15) is 0 Å². The highest BCUT2D eigenvalue weighted by Gasteiger charge is 2.26. The van der Waals surface area contributed by atoms with Crippen LogP contribution in [-0.2, 0) is 13.0 Å². The first-order chi connectivity index (χ1) is 12.8. The predicted octanol–water partition coefficient (Wildman–Crippen LogP) is 3.51. The second-order valence-electron chi connectivity index (χ2n) is 6.80. The summed E-state index contributed by atoms with van der Waals surface area (Å²) in [6, 6.07) is 0. The van der Waals surface area contributed by atoms with Crippen molar-refractivity contribution in [2.75, 3.05) is 18.0 Å². The van der Waals surface area contributed by atoms with Gasteiger partial charge in [-0.2, -0.15) is 0 Å². The van der Waals surface area contributed by atoms with Gasteiger partial charge in [0.15, 0.2) is 0 Å². The van der Waals surface area contributed by atoms with Gasteiger partial charge in [0, 0.05) is 48.5 Å². The minimum absolute atomic E-state index is 0.418. The van der Waals surface area contributed by atoms with Crippen molar-refractivity contribution in [2.24, 2.45) is 0 Å². The molecule has 0 aromatic carbocycles. The van der Waals surface area contributed by atoms with Crippen molar-refractivity contribution >= 4 is 17.2 Å². The lowest BCUT2D eigenvalue weighted by atomic mass is 9.96. The van der Waals surface area contributed by atoms with E-state index in [4.69, 9.17) is 0 Å². The maximum atomic E-state index is 4.69. The molecule has 1 atom stereocenters. The molecule has 1 saturated heterocycles. The molecule has 26 heavy (non-hydrogen) atoms. The Hall–Kier alpha value is -2.28. The topological polar surface area (TPSA) is 59.7 Å². The zero-order valence-electron chi connectivity index (χ0n) is 15.1. The van der Waals surface area contributed by atoms with Crippen LogP contribution in [0.25, 0.3) is 0 Å². The van der Waals surface area contributed by atoms with Crippen molar-refractivity contribution in [2.45, 2.75) is 45.1 Å². The molecule has 6 nitrogen and oxygen atoms in total. The minimum atomic E-state index is 0.418. The second-order valence-corrected chi connectivity index (χ2v) is 7.52. The molecule has 0 spiro atoms. The number of nitrogens with zero attached hydrogens (tertiary/aromatic N) is 6. The second kappa shape index (κ2) is 7.95. The molecule has 3 aromatic heterocycles. The van der Waals surface area contributed by atoms with Crippen LogP contribution in [-0.4, -0.2) is 37.6 Å². The van der Waals surface area contributed by atoms with E-state index in [1.54, 1.807) is 17.7 Å². The number of anilines is 1. The summed E-state index contributed by atoms with van der Waals surface area (Å²) < 4.78 is 2.25. The zero-order valence-corrected chi connectivity index (χ0v) is 15.9. The molecule has 1 aliphatic heterocycles. The van der Waals surface area contributed by atoms with Gasteiger partial charge in [-0.3, -0.25) is 0 Å². The van der Waals surface area contributed by atoms with E-state index in [-0.39, 0.29) is 0 Å². The number of hydrogen-bond donors (Lipinski definition) is 0. The molecule has 7 heteroatoms. The van der Waals surface area contributed by atoms with Gasteiger partial charge in [0.25, 0.3) is 0 Å². The molecular formula is C19H24N6S. The first-order valence-electron chi connectivity index (χ1n) is 9.27. The number of piperidine rings is 1. The number of rotatable bonds is 6. The van der Waals surface area contributed by atoms with E-state index in [0.29, 0.717) is 5.92 Å². The Bertz CT molecular complexity index is 828. The maximum absolute atomic E-state index is 4.69. The van der Waals surface area contributed by atoms with Crippen LogP contribution in [0.5, 0.6) is 0 Å². The van der Waals surface area contributed by atoms with Crippen molar-refractivity contribution in [1.29, 1.82) is 0 Å². The van der Waals surface area contributed by atoms with E-state index in [2.05, 4.69) is 47.9 Å². The molecule has 0 amide bonds. The molecule has 1 aliphatic rings. The van der Waals surface area contributed by atoms with E-state index in [1.165, 1.54) is 12.0 Å². The van der Waals surface area contributed by atoms with Gasteiger partial charge < -0.3 is 9.47 Å². The molecule has 0 saturated carbocycles. The van der Waals surface area contributed by atoms with Crippen LogP contribution in [0.4, 0.5) is 5.82 Å². The van der Waals surface area contributed by atoms with Crippen LogP contribution in [0.15, 0.2) is 35.8 Å². The summed E-state index contributed by atoms with van der Waals surface area (Å²) in [6.07, 6.45) is 12.1. The molecule has 0 N–H and O–H groups in total. The summed E-state index contributed by atoms with van der Waals surface area (Å²) in [5.41, 5.74) is 4.24. The van der Waals surface area contributed by atoms with Crippen molar-refractivity contribution in [3.63, 3.8) is 0 Å². The fraction of sp³-hybridized carbons (Fsp3) is 0.474. The number of aryl methyl sites for hydroxylation is 1. The fourth-order valence-electron chi connectivity index (χ4n) is 3.77. The van der Waals surface area contributed by atoms with E-state index in [0.717, 1.165) is 56.2 Å². The van der Waals surface area contributed by atoms with Gasteiger partial charge >= 0.3 is 0 Å². The quantitative estimate of drug-likeness (QED) is 0.666. The maximum Gasteiger partial charge on any atom is 0.135 e. The van der Waals surface area contributed by atoms with Crippen LogP contribution in [0.1, 0.15) is 49.2 Å². The molecule has 0 bridgehead atoms. The van der Waals surface area contributed by atoms with E-state index in [1.807, 2.05) is 17.9 Å². The highest BCUT2D eigenvalue weighted by atomic mass is 32.1. The highest BCUT2D eigenvalue weighted by molar-refractivity contribution is 7.07. The molecule has 4 heterocycles. The smallest absolute Gasteiger partial charge is 0.135 e. The van der Waals surface area contributed by atoms with Crippen molar-refractivity contribution in [1.82, 2.24) is 24.5 Å². The minimum Gasteiger partial charge on any atom is -0.356 e. The average Bonchev–Trinajstić information content (AvgIpc) is 3.35. The van der Waals surface area contributed by atoms with Crippen LogP contribution in [0.2, 0.25) is 0 Å². The largest absolute Gasteiger partial charge is 0.356 e. The molecule has 0 radical (unpaired) electrons. The summed E-state index contributed by atoms with van der Waals surface area (Å²) in [5, 5.41) is 2.11. The first kappa shape index (κ1) is 17.1. The number of aromatic nitrogens is 5.